The highest BCUT2D eigenvalue weighted by molar-refractivity contribution is 7.71. The third kappa shape index (κ3) is 4.70. The fourth-order valence-corrected chi connectivity index (χ4v) is 2.53. The number of nitrogens with zero attached hydrogens (tertiary/aromatic N) is 4. The van der Waals surface area contributed by atoms with E-state index in [0.29, 0.717) is 6.07 Å². The van der Waals surface area contributed by atoms with Gasteiger partial charge < -0.3 is 4.74 Å². The van der Waals surface area contributed by atoms with Crippen molar-refractivity contribution < 1.29 is 27.1 Å². The third-order valence-corrected chi connectivity index (χ3v) is 4.42. The normalized spacial score (nSPS) is 12.2. The molecular weight excluding hydrogens is 440 g/mol. The summed E-state index contributed by atoms with van der Waals surface area (Å²) in [6, 6.07) is 1.45. The first-order valence-electron chi connectivity index (χ1n) is 7.85. The van der Waals surface area contributed by atoms with Gasteiger partial charge in [-0.25, -0.2) is 18.9 Å². The van der Waals surface area contributed by atoms with Crippen LogP contribution in [0.1, 0.15) is 6.92 Å². The zero-order chi connectivity index (χ0) is 22.1. The molecule has 0 saturated carbocycles. The van der Waals surface area contributed by atoms with Gasteiger partial charge in [0.15, 0.2) is 10.5 Å². The maximum atomic E-state index is 14.4. The molecule has 0 bridgehead atoms. The van der Waals surface area contributed by atoms with Gasteiger partial charge in [-0.05, 0) is 31.3 Å². The molecule has 7 nitrogen and oxygen atoms in total. The number of hydrogen-bond donors (Lipinski definition) is 0. The van der Waals surface area contributed by atoms with Crippen LogP contribution in [0.25, 0.3) is 11.3 Å². The Bertz CT molecular complexity index is 1120. The second-order valence-corrected chi connectivity index (χ2v) is 6.35. The zero-order valence-corrected chi connectivity index (χ0v) is 16.7. The van der Waals surface area contributed by atoms with Crippen molar-refractivity contribution in [3.63, 3.8) is 0 Å². The number of aromatic nitrogens is 3. The van der Waals surface area contributed by atoms with Gasteiger partial charge in [-0.1, -0.05) is 11.6 Å². The van der Waals surface area contributed by atoms with Crippen molar-refractivity contribution in [3.8, 4) is 11.3 Å². The van der Waals surface area contributed by atoms with Crippen molar-refractivity contribution in [1.29, 1.82) is 0 Å². The number of ether oxygens (including phenoxy) is 1. The molecule has 0 aliphatic carbocycles. The van der Waals surface area contributed by atoms with Crippen molar-refractivity contribution in [3.05, 3.63) is 38.1 Å². The fourth-order valence-electron chi connectivity index (χ4n) is 2.22. The molecule has 0 aliphatic heterocycles. The van der Waals surface area contributed by atoms with E-state index in [4.69, 9.17) is 23.8 Å². The average Bonchev–Trinajstić information content (AvgIpc) is 2.61. The fraction of sp³-hybridized carbons (Fsp3) is 0.312. The van der Waals surface area contributed by atoms with Crippen LogP contribution in [0.4, 0.5) is 23.2 Å². The van der Waals surface area contributed by atoms with Gasteiger partial charge in [0.05, 0.1) is 17.3 Å². The predicted molar refractivity (Wildman–Crippen MR) is 99.5 cm³/mol. The van der Waals surface area contributed by atoms with Crippen LogP contribution in [0, 0.1) is 10.6 Å². The molecule has 2 aromatic rings. The monoisotopic (exact) mass is 452 g/mol. The largest absolute Gasteiger partial charge is 0.461 e. The number of aryl methyl sites for hydroxylation is 1. The van der Waals surface area contributed by atoms with Crippen molar-refractivity contribution in [2.75, 3.05) is 6.61 Å². The first kappa shape index (κ1) is 22.7. The summed E-state index contributed by atoms with van der Waals surface area (Å²) in [7, 11) is 2.73. The van der Waals surface area contributed by atoms with Crippen LogP contribution >= 0.6 is 23.8 Å². The molecule has 0 atom stereocenters. The lowest BCUT2D eigenvalue weighted by molar-refractivity contribution is -0.139. The van der Waals surface area contributed by atoms with E-state index >= 15 is 0 Å². The maximum Gasteiger partial charge on any atom is 0.440 e. The molecule has 2 rings (SSSR count). The molecular formula is C16H13ClF4N4O3S. The highest BCUT2D eigenvalue weighted by atomic mass is 35.5. The highest BCUT2D eigenvalue weighted by Crippen LogP contribution is 2.33. The van der Waals surface area contributed by atoms with Crippen LogP contribution in [-0.4, -0.2) is 38.8 Å². The van der Waals surface area contributed by atoms with Gasteiger partial charge in [0, 0.05) is 19.7 Å². The molecule has 1 aromatic heterocycles. The predicted octanol–water partition coefficient (Wildman–Crippen LogP) is 3.51. The summed E-state index contributed by atoms with van der Waals surface area (Å²) in [5.74, 6) is -2.75. The summed E-state index contributed by atoms with van der Waals surface area (Å²) < 4.78 is 60.6. The molecule has 156 valence electrons. The number of halogens is 5. The summed E-state index contributed by atoms with van der Waals surface area (Å²) in [6.45, 7) is 0.999. The molecule has 0 spiro atoms. The molecule has 0 saturated heterocycles. The van der Waals surface area contributed by atoms with E-state index < -0.39 is 51.2 Å². The van der Waals surface area contributed by atoms with Crippen LogP contribution in [0.2, 0.25) is 5.02 Å². The number of esters is 1. The van der Waals surface area contributed by atoms with Crippen molar-refractivity contribution in [2.45, 2.75) is 13.1 Å². The van der Waals surface area contributed by atoms with Crippen LogP contribution in [0.3, 0.4) is 0 Å². The molecule has 0 aliphatic rings. The number of aliphatic imine (C=N–C) groups is 1. The minimum Gasteiger partial charge on any atom is -0.461 e. The Morgan fingerprint density at radius 1 is 1.34 bits per heavy atom. The smallest absolute Gasteiger partial charge is 0.440 e. The summed E-state index contributed by atoms with van der Waals surface area (Å²) in [5.41, 5.74) is -4.17. The van der Waals surface area contributed by atoms with Crippen LogP contribution in [0.15, 0.2) is 21.9 Å². The SMILES string of the molecule is CCOC(=O)C(=Nc1cc(-c2nn(C)c(=S)n(C)c2=O)c(F)cc1Cl)C(F)(F)F. The Balaban J connectivity index is 2.77. The van der Waals surface area contributed by atoms with Crippen LogP contribution < -0.4 is 5.56 Å². The zero-order valence-electron chi connectivity index (χ0n) is 15.2. The highest BCUT2D eigenvalue weighted by Gasteiger charge is 2.42. The molecule has 0 amide bonds. The second-order valence-electron chi connectivity index (χ2n) is 5.58. The van der Waals surface area contributed by atoms with Crippen molar-refractivity contribution in [1.82, 2.24) is 14.3 Å². The molecule has 1 heterocycles. The molecule has 29 heavy (non-hydrogen) atoms. The van der Waals surface area contributed by atoms with E-state index in [1.54, 1.807) is 0 Å². The number of carbonyl (C=O) groups is 1. The van der Waals surface area contributed by atoms with Gasteiger partial charge in [0.25, 0.3) is 5.56 Å². The topological polar surface area (TPSA) is 78.5 Å². The minimum absolute atomic E-state index is 0.0352. The number of carbonyl (C=O) groups excluding carboxylic acids is 1. The van der Waals surface area contributed by atoms with E-state index in [1.165, 1.54) is 21.0 Å². The number of rotatable bonds is 4. The molecule has 0 N–H and O–H groups in total. The molecule has 13 heteroatoms. The van der Waals surface area contributed by atoms with Crippen molar-refractivity contribution >= 4 is 41.2 Å². The lowest BCUT2D eigenvalue weighted by atomic mass is 10.1. The number of alkyl halides is 3. The lowest BCUT2D eigenvalue weighted by Gasteiger charge is -2.12. The Labute approximate surface area is 171 Å². The van der Waals surface area contributed by atoms with E-state index in [1.807, 2.05) is 0 Å². The Morgan fingerprint density at radius 3 is 2.52 bits per heavy atom. The van der Waals surface area contributed by atoms with Crippen molar-refractivity contribution in [2.24, 2.45) is 19.1 Å². The van der Waals surface area contributed by atoms with Gasteiger partial charge in [0.1, 0.15) is 5.82 Å². The van der Waals surface area contributed by atoms with E-state index in [9.17, 15) is 27.2 Å². The summed E-state index contributed by atoms with van der Waals surface area (Å²) in [5, 5.41) is 3.35. The lowest BCUT2D eigenvalue weighted by Crippen LogP contribution is -2.32. The Morgan fingerprint density at radius 2 is 1.97 bits per heavy atom. The first-order valence-corrected chi connectivity index (χ1v) is 8.63. The number of benzene rings is 1. The van der Waals surface area contributed by atoms with Gasteiger partial charge >= 0.3 is 12.1 Å². The van der Waals surface area contributed by atoms with Gasteiger partial charge in [-0.15, -0.1) is 0 Å². The van der Waals surface area contributed by atoms with Crippen LogP contribution in [-0.2, 0) is 23.6 Å². The standard InChI is InChI=1S/C16H13ClF4N4O3S/c1-4-28-14(27)12(16(19,20)21)22-10-5-7(9(18)6-8(10)17)11-13(26)24(2)15(29)25(3)23-11/h5-6H,4H2,1-3H3. The quantitative estimate of drug-likeness (QED) is 0.307. The van der Waals surface area contributed by atoms with Gasteiger partial charge in [0.2, 0.25) is 5.71 Å². The van der Waals surface area contributed by atoms with Gasteiger partial charge in [-0.3, -0.25) is 9.36 Å². The molecule has 1 aromatic carbocycles. The van der Waals surface area contributed by atoms with E-state index in [0.717, 1.165) is 15.3 Å². The third-order valence-electron chi connectivity index (χ3n) is 3.58. The van der Waals surface area contributed by atoms with Gasteiger partial charge in [-0.2, -0.15) is 18.3 Å². The molecule has 0 fully saturated rings. The number of hydrogen-bond acceptors (Lipinski definition) is 6. The Kier molecular flexibility index (Phi) is 6.58. The minimum atomic E-state index is -5.16. The molecule has 0 radical (unpaired) electrons. The first-order chi connectivity index (χ1) is 13.4. The summed E-state index contributed by atoms with van der Waals surface area (Å²) in [4.78, 5) is 27.3. The van der Waals surface area contributed by atoms with Crippen LogP contribution in [0.5, 0.6) is 0 Å². The Hall–Kier alpha value is -2.60. The molecule has 0 unspecified atom stereocenters. The summed E-state index contributed by atoms with van der Waals surface area (Å²) >= 11 is 10.8. The second kappa shape index (κ2) is 8.41. The summed E-state index contributed by atoms with van der Waals surface area (Å²) in [6.07, 6.45) is -5.16. The maximum absolute atomic E-state index is 14.4. The van der Waals surface area contributed by atoms with E-state index in [2.05, 4.69) is 14.8 Å². The van der Waals surface area contributed by atoms with E-state index in [-0.39, 0.29) is 11.4 Å². The average molecular weight is 453 g/mol.